The smallest absolute Gasteiger partial charge is 0.307 e. The number of ether oxygens (including phenoxy) is 3. The lowest BCUT2D eigenvalue weighted by Crippen LogP contribution is -2.37. The zero-order chi connectivity index (χ0) is 17.8. The van der Waals surface area contributed by atoms with Crippen LogP contribution in [0, 0.1) is 0 Å². The second-order valence-corrected chi connectivity index (χ2v) is 5.20. The fourth-order valence-corrected chi connectivity index (χ4v) is 2.13. The topological polar surface area (TPSA) is 85.9 Å². The van der Waals surface area contributed by atoms with Gasteiger partial charge >= 0.3 is 5.97 Å². The molecule has 0 aliphatic carbocycles. The summed E-state index contributed by atoms with van der Waals surface area (Å²) in [5.74, 6) is 0.142. The van der Waals surface area contributed by atoms with Gasteiger partial charge in [0.15, 0.2) is 0 Å². The van der Waals surface area contributed by atoms with Crippen LogP contribution in [0.4, 0.5) is 0 Å². The standard InChI is InChI=1S/C17H26N2O5/c1-22-10-4-9-18-12-16(20)19-15(11-17(21)24-3)13-5-7-14(23-2)8-6-13/h5-8,15,18H,4,9-12H2,1-3H3,(H,19,20)/t15-/m0/s1. The molecule has 24 heavy (non-hydrogen) atoms. The Hall–Kier alpha value is -2.12. The first-order valence-corrected chi connectivity index (χ1v) is 7.80. The van der Waals surface area contributed by atoms with E-state index in [0.717, 1.165) is 12.0 Å². The van der Waals surface area contributed by atoms with Gasteiger partial charge in [0.1, 0.15) is 5.75 Å². The van der Waals surface area contributed by atoms with Crippen molar-refractivity contribution in [3.8, 4) is 5.75 Å². The minimum Gasteiger partial charge on any atom is -0.497 e. The minimum atomic E-state index is -0.448. The molecule has 0 fully saturated rings. The van der Waals surface area contributed by atoms with E-state index in [4.69, 9.17) is 14.2 Å². The zero-order valence-electron chi connectivity index (χ0n) is 14.5. The van der Waals surface area contributed by atoms with E-state index >= 15 is 0 Å². The van der Waals surface area contributed by atoms with Crippen LogP contribution >= 0.6 is 0 Å². The number of methoxy groups -OCH3 is 3. The summed E-state index contributed by atoms with van der Waals surface area (Å²) in [4.78, 5) is 23.7. The molecule has 0 bridgehead atoms. The third-order valence-electron chi connectivity index (χ3n) is 3.44. The molecule has 0 saturated heterocycles. The van der Waals surface area contributed by atoms with Crippen molar-refractivity contribution in [3.05, 3.63) is 29.8 Å². The second-order valence-electron chi connectivity index (χ2n) is 5.20. The number of nitrogens with one attached hydrogen (secondary N) is 2. The SMILES string of the molecule is COCCCNCC(=O)N[C@@H](CC(=O)OC)c1ccc(OC)cc1. The van der Waals surface area contributed by atoms with Gasteiger partial charge in [0.05, 0.1) is 33.2 Å². The Morgan fingerprint density at radius 2 is 1.83 bits per heavy atom. The molecule has 0 aromatic heterocycles. The van der Waals surface area contributed by atoms with Crippen LogP contribution in [0.5, 0.6) is 5.75 Å². The number of hydrogen-bond acceptors (Lipinski definition) is 6. The molecule has 0 heterocycles. The molecule has 134 valence electrons. The van der Waals surface area contributed by atoms with Crippen LogP contribution in [-0.4, -0.2) is 52.9 Å². The average molecular weight is 338 g/mol. The Morgan fingerprint density at radius 1 is 1.12 bits per heavy atom. The molecular formula is C17H26N2O5. The van der Waals surface area contributed by atoms with Crippen molar-refractivity contribution in [3.63, 3.8) is 0 Å². The van der Waals surface area contributed by atoms with Gasteiger partial charge in [-0.1, -0.05) is 12.1 Å². The van der Waals surface area contributed by atoms with Crippen LogP contribution in [0.1, 0.15) is 24.4 Å². The Kier molecular flexibility index (Phi) is 9.48. The molecule has 1 rings (SSSR count). The van der Waals surface area contributed by atoms with Crippen LogP contribution in [0.2, 0.25) is 0 Å². The Labute approximate surface area is 142 Å². The van der Waals surface area contributed by atoms with E-state index < -0.39 is 6.04 Å². The quantitative estimate of drug-likeness (QED) is 0.463. The first-order chi connectivity index (χ1) is 11.6. The molecule has 0 saturated carbocycles. The number of carbonyl (C=O) groups excluding carboxylic acids is 2. The summed E-state index contributed by atoms with van der Waals surface area (Å²) in [6.07, 6.45) is 0.895. The van der Waals surface area contributed by atoms with E-state index in [1.807, 2.05) is 12.1 Å². The van der Waals surface area contributed by atoms with Gasteiger partial charge in [-0.05, 0) is 30.7 Å². The molecule has 1 aromatic carbocycles. The lowest BCUT2D eigenvalue weighted by molar-refractivity contribution is -0.141. The van der Waals surface area contributed by atoms with E-state index in [0.29, 0.717) is 18.9 Å². The third kappa shape index (κ3) is 7.43. The highest BCUT2D eigenvalue weighted by molar-refractivity contribution is 5.79. The van der Waals surface area contributed by atoms with E-state index in [-0.39, 0.29) is 24.8 Å². The maximum Gasteiger partial charge on any atom is 0.307 e. The van der Waals surface area contributed by atoms with E-state index in [1.54, 1.807) is 26.4 Å². The van der Waals surface area contributed by atoms with Crippen LogP contribution < -0.4 is 15.4 Å². The van der Waals surface area contributed by atoms with Crippen molar-refractivity contribution in [2.75, 3.05) is 41.0 Å². The summed E-state index contributed by atoms with van der Waals surface area (Å²) in [5, 5.41) is 5.89. The van der Waals surface area contributed by atoms with Gasteiger partial charge in [-0.2, -0.15) is 0 Å². The minimum absolute atomic E-state index is 0.0677. The van der Waals surface area contributed by atoms with Crippen molar-refractivity contribution in [1.82, 2.24) is 10.6 Å². The van der Waals surface area contributed by atoms with Crippen LogP contribution in [0.15, 0.2) is 24.3 Å². The van der Waals surface area contributed by atoms with Crippen molar-refractivity contribution in [2.24, 2.45) is 0 Å². The molecule has 7 heteroatoms. The molecule has 1 amide bonds. The van der Waals surface area contributed by atoms with Crippen LogP contribution in [-0.2, 0) is 19.1 Å². The molecule has 1 aromatic rings. The predicted octanol–water partition coefficient (Wildman–Crippen LogP) is 1.04. The molecular weight excluding hydrogens is 312 g/mol. The highest BCUT2D eigenvalue weighted by Gasteiger charge is 2.18. The summed E-state index contributed by atoms with van der Waals surface area (Å²) in [6, 6.07) is 6.76. The summed E-state index contributed by atoms with van der Waals surface area (Å²) in [5.41, 5.74) is 0.814. The lowest BCUT2D eigenvalue weighted by Gasteiger charge is -2.19. The van der Waals surface area contributed by atoms with Crippen molar-refractivity contribution in [2.45, 2.75) is 18.9 Å². The molecule has 0 aliphatic rings. The summed E-state index contributed by atoms with van der Waals surface area (Å²) < 4.78 is 14.8. The zero-order valence-corrected chi connectivity index (χ0v) is 14.5. The number of amides is 1. The predicted molar refractivity (Wildman–Crippen MR) is 89.9 cm³/mol. The van der Waals surface area contributed by atoms with Crippen molar-refractivity contribution in [1.29, 1.82) is 0 Å². The van der Waals surface area contributed by atoms with Gasteiger partial charge in [0.25, 0.3) is 0 Å². The molecule has 0 spiro atoms. The first kappa shape index (κ1) is 19.9. The number of hydrogen-bond donors (Lipinski definition) is 2. The Bertz CT molecular complexity index is 504. The first-order valence-electron chi connectivity index (χ1n) is 7.80. The fourth-order valence-electron chi connectivity index (χ4n) is 2.13. The molecule has 2 N–H and O–H groups in total. The van der Waals surface area contributed by atoms with Gasteiger partial charge in [0.2, 0.25) is 5.91 Å². The highest BCUT2D eigenvalue weighted by Crippen LogP contribution is 2.20. The molecule has 1 atom stereocenters. The lowest BCUT2D eigenvalue weighted by atomic mass is 10.0. The maximum absolute atomic E-state index is 12.1. The monoisotopic (exact) mass is 338 g/mol. The largest absolute Gasteiger partial charge is 0.497 e. The number of esters is 1. The maximum atomic E-state index is 12.1. The van der Waals surface area contributed by atoms with Crippen LogP contribution in [0.25, 0.3) is 0 Å². The number of carbonyl (C=O) groups is 2. The summed E-state index contributed by atoms with van der Waals surface area (Å²) >= 11 is 0. The van der Waals surface area contributed by atoms with Crippen LogP contribution in [0.3, 0.4) is 0 Å². The van der Waals surface area contributed by atoms with E-state index in [9.17, 15) is 9.59 Å². The van der Waals surface area contributed by atoms with Crippen molar-refractivity contribution >= 4 is 11.9 Å². The molecule has 0 radical (unpaired) electrons. The number of benzene rings is 1. The highest BCUT2D eigenvalue weighted by atomic mass is 16.5. The Morgan fingerprint density at radius 3 is 2.42 bits per heavy atom. The van der Waals surface area contributed by atoms with Gasteiger partial charge in [0, 0.05) is 13.7 Å². The van der Waals surface area contributed by atoms with Gasteiger partial charge < -0.3 is 24.8 Å². The third-order valence-corrected chi connectivity index (χ3v) is 3.44. The second kappa shape index (κ2) is 11.4. The average Bonchev–Trinajstić information content (AvgIpc) is 2.61. The summed E-state index contributed by atoms with van der Waals surface area (Å²) in [6.45, 7) is 1.51. The van der Waals surface area contributed by atoms with Gasteiger partial charge in [-0.25, -0.2) is 0 Å². The fraction of sp³-hybridized carbons (Fsp3) is 0.529. The number of rotatable bonds is 11. The molecule has 0 unspecified atom stereocenters. The Balaban J connectivity index is 2.61. The normalized spacial score (nSPS) is 11.6. The van der Waals surface area contributed by atoms with E-state index in [1.165, 1.54) is 7.11 Å². The van der Waals surface area contributed by atoms with Gasteiger partial charge in [-0.3, -0.25) is 9.59 Å². The van der Waals surface area contributed by atoms with Gasteiger partial charge in [-0.15, -0.1) is 0 Å². The van der Waals surface area contributed by atoms with E-state index in [2.05, 4.69) is 10.6 Å². The van der Waals surface area contributed by atoms with Crippen molar-refractivity contribution < 1.29 is 23.8 Å². The molecule has 0 aliphatic heterocycles. The summed E-state index contributed by atoms with van der Waals surface area (Å²) in [7, 11) is 4.55. The molecule has 7 nitrogen and oxygen atoms in total.